The molecule has 1 saturated heterocycles. The Morgan fingerprint density at radius 1 is 1.29 bits per heavy atom. The minimum atomic E-state index is -3.93. The molecular formula is C16H23FN2O4S. The summed E-state index contributed by atoms with van der Waals surface area (Å²) in [5.41, 5.74) is 0.295. The van der Waals surface area contributed by atoms with Gasteiger partial charge in [-0.05, 0) is 36.6 Å². The maximum Gasteiger partial charge on any atom is 0.241 e. The molecule has 0 saturated carbocycles. The van der Waals surface area contributed by atoms with Gasteiger partial charge in [-0.1, -0.05) is 13.8 Å². The van der Waals surface area contributed by atoms with E-state index in [0.29, 0.717) is 31.9 Å². The van der Waals surface area contributed by atoms with Crippen molar-refractivity contribution in [3.8, 4) is 0 Å². The predicted octanol–water partition coefficient (Wildman–Crippen LogP) is 1.30. The normalized spacial score (nSPS) is 17.1. The van der Waals surface area contributed by atoms with Crippen LogP contribution in [0.15, 0.2) is 23.1 Å². The van der Waals surface area contributed by atoms with Crippen LogP contribution in [0.2, 0.25) is 0 Å². The molecule has 0 unspecified atom stereocenters. The number of sulfonamides is 1. The average Bonchev–Trinajstić information content (AvgIpc) is 2.52. The Balaban J connectivity index is 2.24. The fourth-order valence-corrected chi connectivity index (χ4v) is 4.16. The summed E-state index contributed by atoms with van der Waals surface area (Å²) < 4.78 is 46.2. The second kappa shape index (κ2) is 7.58. The molecule has 8 heteroatoms. The lowest BCUT2D eigenvalue weighted by molar-refractivity contribution is -0.138. The molecule has 2 rings (SSSR count). The third kappa shape index (κ3) is 4.31. The maximum atomic E-state index is 13.2. The molecule has 1 aliphatic heterocycles. The molecule has 1 aromatic rings. The van der Waals surface area contributed by atoms with Gasteiger partial charge in [-0.3, -0.25) is 4.79 Å². The van der Waals surface area contributed by atoms with E-state index in [1.807, 2.05) is 0 Å². The first-order valence-electron chi connectivity index (χ1n) is 7.87. The van der Waals surface area contributed by atoms with E-state index < -0.39 is 21.9 Å². The highest BCUT2D eigenvalue weighted by Crippen LogP contribution is 2.18. The zero-order chi connectivity index (χ0) is 17.9. The summed E-state index contributed by atoms with van der Waals surface area (Å²) >= 11 is 0. The summed E-state index contributed by atoms with van der Waals surface area (Å²) in [6, 6.07) is 2.58. The van der Waals surface area contributed by atoms with Crippen LogP contribution in [0.5, 0.6) is 0 Å². The summed E-state index contributed by atoms with van der Waals surface area (Å²) in [4.78, 5) is 14.3. The number of benzene rings is 1. The van der Waals surface area contributed by atoms with Crippen molar-refractivity contribution in [2.45, 2.75) is 31.7 Å². The van der Waals surface area contributed by atoms with Crippen LogP contribution in [-0.4, -0.2) is 51.6 Å². The number of carbonyl (C=O) groups excluding carboxylic acids is 1. The highest BCUT2D eigenvalue weighted by Gasteiger charge is 2.32. The van der Waals surface area contributed by atoms with Gasteiger partial charge >= 0.3 is 0 Å². The van der Waals surface area contributed by atoms with Crippen molar-refractivity contribution in [2.75, 3.05) is 26.3 Å². The van der Waals surface area contributed by atoms with Gasteiger partial charge in [-0.2, -0.15) is 4.72 Å². The van der Waals surface area contributed by atoms with Crippen molar-refractivity contribution in [3.63, 3.8) is 0 Å². The SMILES string of the molecule is Cc1cc(F)ccc1S(=O)(=O)N[C@H](C(=O)N1CCOCC1)C(C)C. The van der Waals surface area contributed by atoms with Crippen molar-refractivity contribution in [1.82, 2.24) is 9.62 Å². The first kappa shape index (κ1) is 18.8. The number of amides is 1. The topological polar surface area (TPSA) is 75.7 Å². The first-order valence-corrected chi connectivity index (χ1v) is 9.35. The van der Waals surface area contributed by atoms with Gasteiger partial charge in [0.25, 0.3) is 0 Å². The van der Waals surface area contributed by atoms with Crippen LogP contribution in [-0.2, 0) is 19.6 Å². The largest absolute Gasteiger partial charge is 0.378 e. The standard InChI is InChI=1S/C16H23FN2O4S/c1-11(2)15(16(20)19-6-8-23-9-7-19)18-24(21,22)14-5-4-13(17)10-12(14)3/h4-5,10-11,15,18H,6-9H2,1-3H3/t15-/m0/s1. The molecule has 1 N–H and O–H groups in total. The fourth-order valence-electron chi connectivity index (χ4n) is 2.60. The number of rotatable bonds is 5. The highest BCUT2D eigenvalue weighted by molar-refractivity contribution is 7.89. The Labute approximate surface area is 142 Å². The van der Waals surface area contributed by atoms with Crippen molar-refractivity contribution in [3.05, 3.63) is 29.6 Å². The molecule has 0 radical (unpaired) electrons. The smallest absolute Gasteiger partial charge is 0.241 e. The number of morpholine rings is 1. The number of hydrogen-bond donors (Lipinski definition) is 1. The zero-order valence-corrected chi connectivity index (χ0v) is 14.9. The molecular weight excluding hydrogens is 335 g/mol. The first-order chi connectivity index (χ1) is 11.2. The van der Waals surface area contributed by atoms with Crippen LogP contribution in [0.1, 0.15) is 19.4 Å². The number of carbonyl (C=O) groups is 1. The van der Waals surface area contributed by atoms with Crippen LogP contribution in [0.25, 0.3) is 0 Å². The van der Waals surface area contributed by atoms with E-state index in [1.54, 1.807) is 18.7 Å². The minimum Gasteiger partial charge on any atom is -0.378 e. The van der Waals surface area contributed by atoms with E-state index >= 15 is 0 Å². The van der Waals surface area contributed by atoms with E-state index in [1.165, 1.54) is 13.0 Å². The maximum absolute atomic E-state index is 13.2. The van der Waals surface area contributed by atoms with Gasteiger partial charge in [-0.25, -0.2) is 12.8 Å². The number of nitrogens with zero attached hydrogens (tertiary/aromatic N) is 1. The van der Waals surface area contributed by atoms with Crippen LogP contribution in [0, 0.1) is 18.7 Å². The Hall–Kier alpha value is -1.51. The van der Waals surface area contributed by atoms with Crippen LogP contribution in [0.4, 0.5) is 4.39 Å². The molecule has 1 aromatic carbocycles. The van der Waals surface area contributed by atoms with Crippen LogP contribution >= 0.6 is 0 Å². The number of halogens is 1. The second-order valence-electron chi connectivity index (χ2n) is 6.19. The summed E-state index contributed by atoms with van der Waals surface area (Å²) in [5, 5.41) is 0. The van der Waals surface area contributed by atoms with Gasteiger partial charge in [0, 0.05) is 13.1 Å². The summed E-state index contributed by atoms with van der Waals surface area (Å²) in [6.07, 6.45) is 0. The van der Waals surface area contributed by atoms with E-state index in [-0.39, 0.29) is 16.7 Å². The van der Waals surface area contributed by atoms with Crippen LogP contribution in [0.3, 0.4) is 0 Å². The van der Waals surface area contributed by atoms with E-state index in [9.17, 15) is 17.6 Å². The number of nitrogens with one attached hydrogen (secondary N) is 1. The monoisotopic (exact) mass is 358 g/mol. The quantitative estimate of drug-likeness (QED) is 0.861. The lowest BCUT2D eigenvalue weighted by Crippen LogP contribution is -2.53. The highest BCUT2D eigenvalue weighted by atomic mass is 32.2. The summed E-state index contributed by atoms with van der Waals surface area (Å²) in [5.74, 6) is -0.997. The predicted molar refractivity (Wildman–Crippen MR) is 87.5 cm³/mol. The molecule has 0 spiro atoms. The van der Waals surface area contributed by atoms with Gasteiger partial charge in [0.15, 0.2) is 0 Å². The Morgan fingerprint density at radius 3 is 2.46 bits per heavy atom. The molecule has 6 nitrogen and oxygen atoms in total. The van der Waals surface area contributed by atoms with Gasteiger partial charge < -0.3 is 9.64 Å². The minimum absolute atomic E-state index is 0.0238. The molecule has 1 fully saturated rings. The molecule has 1 heterocycles. The number of ether oxygens (including phenoxy) is 1. The van der Waals surface area contributed by atoms with Crippen LogP contribution < -0.4 is 4.72 Å². The molecule has 134 valence electrons. The third-order valence-corrected chi connectivity index (χ3v) is 5.57. The lowest BCUT2D eigenvalue weighted by atomic mass is 10.0. The van der Waals surface area contributed by atoms with Gasteiger partial charge in [0.05, 0.1) is 18.1 Å². The average molecular weight is 358 g/mol. The summed E-state index contributed by atoms with van der Waals surface area (Å²) in [7, 11) is -3.93. The van der Waals surface area contributed by atoms with E-state index in [4.69, 9.17) is 4.74 Å². The Kier molecular flexibility index (Phi) is 5.95. The van der Waals surface area contributed by atoms with Gasteiger partial charge in [0.1, 0.15) is 11.9 Å². The Bertz CT molecular complexity index is 700. The number of aryl methyl sites for hydroxylation is 1. The molecule has 0 bridgehead atoms. The molecule has 1 aliphatic rings. The van der Waals surface area contributed by atoms with Crippen molar-refractivity contribution >= 4 is 15.9 Å². The van der Waals surface area contributed by atoms with Gasteiger partial charge in [0.2, 0.25) is 15.9 Å². The van der Waals surface area contributed by atoms with E-state index in [0.717, 1.165) is 12.1 Å². The molecule has 24 heavy (non-hydrogen) atoms. The van der Waals surface area contributed by atoms with Crippen molar-refractivity contribution in [1.29, 1.82) is 0 Å². The molecule has 1 atom stereocenters. The van der Waals surface area contributed by atoms with Gasteiger partial charge in [-0.15, -0.1) is 0 Å². The molecule has 0 aliphatic carbocycles. The molecule has 1 amide bonds. The molecule has 0 aromatic heterocycles. The van der Waals surface area contributed by atoms with E-state index in [2.05, 4.69) is 4.72 Å². The third-order valence-electron chi connectivity index (χ3n) is 3.96. The zero-order valence-electron chi connectivity index (χ0n) is 14.1. The number of hydrogen-bond acceptors (Lipinski definition) is 4. The Morgan fingerprint density at radius 2 is 1.92 bits per heavy atom. The van der Waals surface area contributed by atoms with Crippen molar-refractivity contribution in [2.24, 2.45) is 5.92 Å². The van der Waals surface area contributed by atoms with Crippen molar-refractivity contribution < 1.29 is 22.3 Å². The second-order valence-corrected chi connectivity index (χ2v) is 7.87. The lowest BCUT2D eigenvalue weighted by Gasteiger charge is -2.32. The summed E-state index contributed by atoms with van der Waals surface area (Å²) in [6.45, 7) is 6.86. The fraction of sp³-hybridized carbons (Fsp3) is 0.562.